The first-order chi connectivity index (χ1) is 9.19. The molecule has 0 saturated heterocycles. The van der Waals surface area contributed by atoms with Crippen LogP contribution in [0.3, 0.4) is 0 Å². The Labute approximate surface area is 122 Å². The van der Waals surface area contributed by atoms with Gasteiger partial charge in [0.15, 0.2) is 4.34 Å². The van der Waals surface area contributed by atoms with Crippen LogP contribution in [0.4, 0.5) is 9.52 Å². The zero-order chi connectivity index (χ0) is 13.7. The van der Waals surface area contributed by atoms with Gasteiger partial charge in [0.05, 0.1) is 0 Å². The third-order valence-electron chi connectivity index (χ3n) is 2.08. The summed E-state index contributed by atoms with van der Waals surface area (Å²) in [6, 6.07) is 6.57. The molecule has 2 rings (SSSR count). The van der Waals surface area contributed by atoms with Gasteiger partial charge < -0.3 is 0 Å². The Kier molecular flexibility index (Phi) is 5.12. The van der Waals surface area contributed by atoms with Gasteiger partial charge in [-0.25, -0.2) is 4.39 Å². The van der Waals surface area contributed by atoms with Crippen LogP contribution in [0.5, 0.6) is 0 Å². The predicted molar refractivity (Wildman–Crippen MR) is 75.2 cm³/mol. The average molecular weight is 318 g/mol. The second-order valence-corrected chi connectivity index (χ2v) is 5.90. The van der Waals surface area contributed by atoms with E-state index in [2.05, 4.69) is 15.5 Å². The van der Waals surface area contributed by atoms with Gasteiger partial charge >= 0.3 is 0 Å². The number of anilines is 1. The Morgan fingerprint density at radius 2 is 2.21 bits per heavy atom. The summed E-state index contributed by atoms with van der Waals surface area (Å²) in [5, 5.41) is 10.6. The summed E-state index contributed by atoms with van der Waals surface area (Å²) in [5.74, 6) is -0.235. The van der Waals surface area contributed by atoms with Crippen molar-refractivity contribution in [3.05, 3.63) is 35.6 Å². The molecule has 0 spiro atoms. The fraction of sp³-hybridized carbons (Fsp3) is 0.182. The van der Waals surface area contributed by atoms with Gasteiger partial charge in [0.1, 0.15) is 11.7 Å². The van der Waals surface area contributed by atoms with Gasteiger partial charge in [0.2, 0.25) is 11.0 Å². The number of halogens is 2. The maximum absolute atomic E-state index is 13.4. The number of rotatable bonds is 5. The minimum absolute atomic E-state index is 0.128. The molecule has 4 nitrogen and oxygen atoms in total. The molecular formula is C11H9ClFN3OS2. The number of nitrogens with one attached hydrogen (secondary N) is 1. The second-order valence-electron chi connectivity index (χ2n) is 3.44. The Bertz CT molecular complexity index is 579. The highest BCUT2D eigenvalue weighted by Gasteiger charge is 2.09. The van der Waals surface area contributed by atoms with Crippen LogP contribution in [0, 0.1) is 5.82 Å². The lowest BCUT2D eigenvalue weighted by Gasteiger charge is -1.99. The summed E-state index contributed by atoms with van der Waals surface area (Å²) in [5.41, 5.74) is 0.606. The molecule has 0 atom stereocenters. The zero-order valence-corrected chi connectivity index (χ0v) is 12.0. The first-order valence-electron chi connectivity index (χ1n) is 5.24. The number of nitrogens with zero attached hydrogens (tertiary/aromatic N) is 2. The first-order valence-corrected chi connectivity index (χ1v) is 7.58. The topological polar surface area (TPSA) is 54.9 Å². The maximum Gasteiger partial charge on any atom is 0.241 e. The van der Waals surface area contributed by atoms with Crippen LogP contribution in [-0.2, 0) is 10.5 Å². The van der Waals surface area contributed by atoms with Gasteiger partial charge in [0.25, 0.3) is 0 Å². The van der Waals surface area contributed by atoms with E-state index >= 15 is 0 Å². The number of hydrogen-bond acceptors (Lipinski definition) is 5. The van der Waals surface area contributed by atoms with E-state index in [0.29, 0.717) is 20.8 Å². The van der Waals surface area contributed by atoms with Crippen LogP contribution in [0.1, 0.15) is 5.56 Å². The fourth-order valence-corrected chi connectivity index (χ4v) is 3.05. The van der Waals surface area contributed by atoms with Crippen molar-refractivity contribution in [3.8, 4) is 0 Å². The van der Waals surface area contributed by atoms with E-state index in [1.54, 1.807) is 18.2 Å². The van der Waals surface area contributed by atoms with Crippen molar-refractivity contribution in [3.63, 3.8) is 0 Å². The second kappa shape index (κ2) is 6.83. The van der Waals surface area contributed by atoms with Gasteiger partial charge in [0, 0.05) is 5.75 Å². The Morgan fingerprint density at radius 3 is 2.95 bits per heavy atom. The average Bonchev–Trinajstić information content (AvgIpc) is 2.85. The summed E-state index contributed by atoms with van der Waals surface area (Å²) in [4.78, 5) is 11.1. The molecule has 0 unspecified atom stereocenters. The molecule has 1 aromatic carbocycles. The van der Waals surface area contributed by atoms with Crippen molar-refractivity contribution in [2.75, 3.05) is 11.2 Å². The largest absolute Gasteiger partial charge is 0.299 e. The van der Waals surface area contributed by atoms with E-state index in [1.807, 2.05) is 0 Å². The molecule has 0 saturated carbocycles. The van der Waals surface area contributed by atoms with Crippen molar-refractivity contribution in [2.24, 2.45) is 0 Å². The number of carbonyl (C=O) groups is 1. The highest BCUT2D eigenvalue weighted by molar-refractivity contribution is 8.00. The molecule has 100 valence electrons. The monoisotopic (exact) mass is 317 g/mol. The molecule has 0 fully saturated rings. The van der Waals surface area contributed by atoms with E-state index in [0.717, 1.165) is 0 Å². The molecule has 2 aromatic rings. The Morgan fingerprint density at radius 1 is 1.42 bits per heavy atom. The van der Waals surface area contributed by atoms with Crippen molar-refractivity contribution in [1.82, 2.24) is 10.2 Å². The maximum atomic E-state index is 13.4. The summed E-state index contributed by atoms with van der Waals surface area (Å²) in [7, 11) is 0. The van der Waals surface area contributed by atoms with E-state index in [1.165, 1.54) is 29.2 Å². The third-order valence-corrected chi connectivity index (χ3v) is 4.35. The van der Waals surface area contributed by atoms with Crippen LogP contribution in [-0.4, -0.2) is 22.0 Å². The molecule has 8 heteroatoms. The molecule has 1 aromatic heterocycles. The van der Waals surface area contributed by atoms with Crippen molar-refractivity contribution >= 4 is 45.7 Å². The number of thioether (sulfide) groups is 1. The van der Waals surface area contributed by atoms with Crippen molar-refractivity contribution in [2.45, 2.75) is 10.1 Å². The Balaban J connectivity index is 1.94. The highest BCUT2D eigenvalue weighted by atomic mass is 35.5. The third kappa shape index (κ3) is 4.15. The number of hydrogen-bond donors (Lipinski definition) is 1. The number of aromatic nitrogens is 2. The van der Waals surface area contributed by atoms with E-state index in [4.69, 9.17) is 11.6 Å². The number of alkyl halides is 1. The number of benzene rings is 1. The molecule has 1 heterocycles. The van der Waals surface area contributed by atoms with Crippen molar-refractivity contribution < 1.29 is 9.18 Å². The van der Waals surface area contributed by atoms with Crippen LogP contribution in [0.25, 0.3) is 0 Å². The van der Waals surface area contributed by atoms with Gasteiger partial charge in [-0.15, -0.1) is 21.8 Å². The minimum atomic E-state index is -0.330. The van der Waals surface area contributed by atoms with Gasteiger partial charge in [-0.05, 0) is 11.6 Å². The number of amides is 1. The van der Waals surface area contributed by atoms with Crippen LogP contribution >= 0.6 is 34.7 Å². The van der Waals surface area contributed by atoms with Gasteiger partial charge in [-0.3, -0.25) is 10.1 Å². The molecule has 0 aliphatic rings. The van der Waals surface area contributed by atoms with Gasteiger partial charge in [-0.1, -0.05) is 41.3 Å². The van der Waals surface area contributed by atoms with Crippen LogP contribution in [0.2, 0.25) is 0 Å². The lowest BCUT2D eigenvalue weighted by atomic mass is 10.2. The Hall–Kier alpha value is -1.18. The van der Waals surface area contributed by atoms with Crippen molar-refractivity contribution in [1.29, 1.82) is 0 Å². The molecular weight excluding hydrogens is 309 g/mol. The normalized spacial score (nSPS) is 10.4. The minimum Gasteiger partial charge on any atom is -0.299 e. The molecule has 1 N–H and O–H groups in total. The quantitative estimate of drug-likeness (QED) is 0.523. The predicted octanol–water partition coefficient (Wildman–Crippen LogP) is 3.15. The molecule has 19 heavy (non-hydrogen) atoms. The smallest absolute Gasteiger partial charge is 0.241 e. The molecule has 1 amide bonds. The standard InChI is InChI=1S/C11H9ClFN3OS2/c12-5-9(17)14-10-15-16-11(19-10)18-6-7-3-1-2-4-8(7)13/h1-4H,5-6H2,(H,14,15,17). The number of carbonyl (C=O) groups excluding carboxylic acids is 1. The van der Waals surface area contributed by atoms with E-state index in [-0.39, 0.29) is 17.6 Å². The van der Waals surface area contributed by atoms with Gasteiger partial charge in [-0.2, -0.15) is 0 Å². The fourth-order valence-electron chi connectivity index (χ4n) is 1.23. The summed E-state index contributed by atoms with van der Waals surface area (Å²) < 4.78 is 14.1. The molecule has 0 aliphatic carbocycles. The highest BCUT2D eigenvalue weighted by Crippen LogP contribution is 2.28. The summed E-state index contributed by atoms with van der Waals surface area (Å²) >= 11 is 7.96. The summed E-state index contributed by atoms with van der Waals surface area (Å²) in [6.45, 7) is 0. The molecule has 0 bridgehead atoms. The lowest BCUT2D eigenvalue weighted by Crippen LogP contribution is -2.12. The first kappa shape index (κ1) is 14.2. The molecule has 0 aliphatic heterocycles. The van der Waals surface area contributed by atoms with Crippen LogP contribution < -0.4 is 5.32 Å². The lowest BCUT2D eigenvalue weighted by molar-refractivity contribution is -0.113. The molecule has 0 radical (unpaired) electrons. The summed E-state index contributed by atoms with van der Waals surface area (Å²) in [6.07, 6.45) is 0. The van der Waals surface area contributed by atoms with E-state index in [9.17, 15) is 9.18 Å². The SMILES string of the molecule is O=C(CCl)Nc1nnc(SCc2ccccc2F)s1. The van der Waals surface area contributed by atoms with E-state index < -0.39 is 0 Å². The zero-order valence-electron chi connectivity index (χ0n) is 9.60. The van der Waals surface area contributed by atoms with Crippen LogP contribution in [0.15, 0.2) is 28.6 Å².